The maximum atomic E-state index is 12.5. The molecule has 4 rings (SSSR count). The molecule has 0 aliphatic carbocycles. The molecule has 1 atom stereocenters. The maximum Gasteiger partial charge on any atom is 0.255 e. The van der Waals surface area contributed by atoms with Crippen LogP contribution in [0.15, 0.2) is 48.5 Å². The smallest absolute Gasteiger partial charge is 0.255 e. The third-order valence-electron chi connectivity index (χ3n) is 4.70. The number of hydrogen-bond donors (Lipinski definition) is 3. The summed E-state index contributed by atoms with van der Waals surface area (Å²) in [5.41, 5.74) is 7.62. The highest BCUT2D eigenvalue weighted by molar-refractivity contribution is 6.04. The summed E-state index contributed by atoms with van der Waals surface area (Å²) in [5, 5.41) is 9.78. The fourth-order valence-corrected chi connectivity index (χ4v) is 3.09. The molecule has 1 saturated heterocycles. The summed E-state index contributed by atoms with van der Waals surface area (Å²) in [5.74, 6) is 1.74. The van der Waals surface area contributed by atoms with Gasteiger partial charge in [-0.15, -0.1) is 0 Å². The van der Waals surface area contributed by atoms with Gasteiger partial charge in [-0.25, -0.2) is 4.98 Å². The molecule has 2 heterocycles. The number of rotatable bonds is 7. The van der Waals surface area contributed by atoms with E-state index in [0.29, 0.717) is 36.1 Å². The van der Waals surface area contributed by atoms with Gasteiger partial charge in [-0.05, 0) is 61.4 Å². The molecular weight excluding hydrogens is 370 g/mol. The second kappa shape index (κ2) is 8.85. The number of amides is 1. The summed E-state index contributed by atoms with van der Waals surface area (Å²) < 4.78 is 11.3. The standard InChI is InChI=1S/C21H23N5O3/c22-12-19-24-20(26-25-19)14-3-7-16(8-4-14)23-21(27)15-5-9-17(10-6-15)29-13-18-2-1-11-28-18/h3-10,18H,1-2,11-13,22H2,(H,23,27)(H,24,25,26). The highest BCUT2D eigenvalue weighted by atomic mass is 16.5. The number of ether oxygens (including phenoxy) is 2. The van der Waals surface area contributed by atoms with Crippen LogP contribution in [0.5, 0.6) is 5.75 Å². The Hall–Kier alpha value is -3.23. The largest absolute Gasteiger partial charge is 0.491 e. The first kappa shape index (κ1) is 19.1. The van der Waals surface area contributed by atoms with Gasteiger partial charge >= 0.3 is 0 Å². The average molecular weight is 393 g/mol. The van der Waals surface area contributed by atoms with E-state index in [4.69, 9.17) is 15.2 Å². The zero-order chi connectivity index (χ0) is 20.1. The summed E-state index contributed by atoms with van der Waals surface area (Å²) in [6, 6.07) is 14.4. The maximum absolute atomic E-state index is 12.5. The number of H-pyrrole nitrogens is 1. The van der Waals surface area contributed by atoms with Crippen LogP contribution in [0.1, 0.15) is 29.0 Å². The number of nitrogens with one attached hydrogen (secondary N) is 2. The van der Waals surface area contributed by atoms with Gasteiger partial charge in [0.2, 0.25) is 0 Å². The Kier molecular flexibility index (Phi) is 5.83. The van der Waals surface area contributed by atoms with E-state index < -0.39 is 0 Å². The molecule has 1 aromatic heterocycles. The Morgan fingerprint density at radius 2 is 2.00 bits per heavy atom. The second-order valence-electron chi connectivity index (χ2n) is 6.81. The van der Waals surface area contributed by atoms with Gasteiger partial charge in [0.15, 0.2) is 5.82 Å². The van der Waals surface area contributed by atoms with Gasteiger partial charge in [0.25, 0.3) is 5.91 Å². The highest BCUT2D eigenvalue weighted by Crippen LogP contribution is 2.20. The first-order valence-electron chi connectivity index (χ1n) is 9.59. The molecule has 0 saturated carbocycles. The van der Waals surface area contributed by atoms with E-state index in [2.05, 4.69) is 20.5 Å². The van der Waals surface area contributed by atoms with Crippen LogP contribution in [0.25, 0.3) is 11.4 Å². The van der Waals surface area contributed by atoms with Crippen molar-refractivity contribution in [2.75, 3.05) is 18.5 Å². The van der Waals surface area contributed by atoms with Crippen molar-refractivity contribution in [2.24, 2.45) is 5.73 Å². The van der Waals surface area contributed by atoms with Crippen molar-refractivity contribution in [3.05, 3.63) is 59.9 Å². The second-order valence-corrected chi connectivity index (χ2v) is 6.81. The number of aromatic amines is 1. The third kappa shape index (κ3) is 4.79. The average Bonchev–Trinajstić information content (AvgIpc) is 3.45. The summed E-state index contributed by atoms with van der Waals surface area (Å²) >= 11 is 0. The first-order chi connectivity index (χ1) is 14.2. The Labute approximate surface area is 168 Å². The van der Waals surface area contributed by atoms with E-state index >= 15 is 0 Å². The van der Waals surface area contributed by atoms with E-state index in [-0.39, 0.29) is 12.0 Å². The van der Waals surface area contributed by atoms with E-state index in [1.807, 2.05) is 24.3 Å². The Morgan fingerprint density at radius 1 is 1.21 bits per heavy atom. The van der Waals surface area contributed by atoms with Crippen molar-refractivity contribution in [2.45, 2.75) is 25.5 Å². The molecule has 3 aromatic rings. The van der Waals surface area contributed by atoms with E-state index in [9.17, 15) is 4.79 Å². The van der Waals surface area contributed by atoms with Crippen LogP contribution in [-0.4, -0.2) is 40.4 Å². The Balaban J connectivity index is 1.33. The fraction of sp³-hybridized carbons (Fsp3) is 0.286. The molecule has 0 bridgehead atoms. The Bertz CT molecular complexity index is 947. The molecule has 4 N–H and O–H groups in total. The first-order valence-corrected chi connectivity index (χ1v) is 9.59. The number of anilines is 1. The molecule has 1 fully saturated rings. The SMILES string of the molecule is NCc1nc(-c2ccc(NC(=O)c3ccc(OCC4CCCO4)cc3)cc2)n[nH]1. The zero-order valence-electron chi connectivity index (χ0n) is 15.9. The molecule has 0 spiro atoms. The molecule has 29 heavy (non-hydrogen) atoms. The lowest BCUT2D eigenvalue weighted by atomic mass is 10.1. The van der Waals surface area contributed by atoms with Gasteiger partial charge in [0, 0.05) is 23.4 Å². The Morgan fingerprint density at radius 3 is 2.66 bits per heavy atom. The molecule has 0 radical (unpaired) electrons. The molecule has 1 aliphatic heterocycles. The van der Waals surface area contributed by atoms with E-state index in [0.717, 1.165) is 30.8 Å². The van der Waals surface area contributed by atoms with Crippen molar-refractivity contribution in [1.82, 2.24) is 15.2 Å². The van der Waals surface area contributed by atoms with Crippen LogP contribution in [-0.2, 0) is 11.3 Å². The van der Waals surface area contributed by atoms with Gasteiger partial charge in [-0.1, -0.05) is 0 Å². The van der Waals surface area contributed by atoms with E-state index in [1.54, 1.807) is 24.3 Å². The quantitative estimate of drug-likeness (QED) is 0.568. The van der Waals surface area contributed by atoms with Crippen LogP contribution in [0.2, 0.25) is 0 Å². The van der Waals surface area contributed by atoms with Gasteiger partial charge in [0.1, 0.15) is 18.2 Å². The number of benzene rings is 2. The van der Waals surface area contributed by atoms with Gasteiger partial charge in [-0.2, -0.15) is 5.10 Å². The third-order valence-corrected chi connectivity index (χ3v) is 4.70. The molecule has 1 aliphatic rings. The number of carbonyl (C=O) groups excluding carboxylic acids is 1. The number of nitrogens with zero attached hydrogens (tertiary/aromatic N) is 2. The minimum absolute atomic E-state index is 0.166. The number of aromatic nitrogens is 3. The van der Waals surface area contributed by atoms with Crippen LogP contribution in [0.3, 0.4) is 0 Å². The van der Waals surface area contributed by atoms with E-state index in [1.165, 1.54) is 0 Å². The molecule has 1 unspecified atom stereocenters. The van der Waals surface area contributed by atoms with Crippen molar-refractivity contribution in [3.8, 4) is 17.1 Å². The minimum atomic E-state index is -0.188. The summed E-state index contributed by atoms with van der Waals surface area (Å²) in [6.07, 6.45) is 2.28. The molecule has 8 heteroatoms. The highest BCUT2D eigenvalue weighted by Gasteiger charge is 2.16. The summed E-state index contributed by atoms with van der Waals surface area (Å²) in [7, 11) is 0. The number of nitrogens with two attached hydrogens (primary N) is 1. The molecular formula is C21H23N5O3. The summed E-state index contributed by atoms with van der Waals surface area (Å²) in [4.78, 5) is 16.8. The van der Waals surface area contributed by atoms with Crippen LogP contribution >= 0.6 is 0 Å². The lowest BCUT2D eigenvalue weighted by Gasteiger charge is -2.12. The van der Waals surface area contributed by atoms with Crippen LogP contribution in [0.4, 0.5) is 5.69 Å². The zero-order valence-corrected chi connectivity index (χ0v) is 15.9. The lowest BCUT2D eigenvalue weighted by molar-refractivity contribution is 0.0679. The lowest BCUT2D eigenvalue weighted by Crippen LogP contribution is -2.16. The van der Waals surface area contributed by atoms with Crippen LogP contribution < -0.4 is 15.8 Å². The monoisotopic (exact) mass is 393 g/mol. The van der Waals surface area contributed by atoms with Crippen LogP contribution in [0, 0.1) is 0 Å². The van der Waals surface area contributed by atoms with Crippen molar-refractivity contribution in [1.29, 1.82) is 0 Å². The number of hydrogen-bond acceptors (Lipinski definition) is 6. The fourth-order valence-electron chi connectivity index (χ4n) is 3.09. The van der Waals surface area contributed by atoms with Crippen molar-refractivity contribution in [3.63, 3.8) is 0 Å². The molecule has 1 amide bonds. The van der Waals surface area contributed by atoms with Gasteiger partial charge in [-0.3, -0.25) is 9.89 Å². The summed E-state index contributed by atoms with van der Waals surface area (Å²) in [6.45, 7) is 1.65. The van der Waals surface area contributed by atoms with Crippen molar-refractivity contribution < 1.29 is 14.3 Å². The van der Waals surface area contributed by atoms with Gasteiger partial charge in [0.05, 0.1) is 12.6 Å². The molecule has 8 nitrogen and oxygen atoms in total. The topological polar surface area (TPSA) is 115 Å². The van der Waals surface area contributed by atoms with Crippen molar-refractivity contribution >= 4 is 11.6 Å². The van der Waals surface area contributed by atoms with Gasteiger partial charge < -0.3 is 20.5 Å². The predicted molar refractivity (Wildman–Crippen MR) is 109 cm³/mol. The normalized spacial score (nSPS) is 16.0. The molecule has 2 aromatic carbocycles. The number of carbonyl (C=O) groups is 1. The predicted octanol–water partition coefficient (Wildman–Crippen LogP) is 2.74. The minimum Gasteiger partial charge on any atom is -0.491 e. The molecule has 150 valence electrons.